The van der Waals surface area contributed by atoms with Crippen LogP contribution in [-0.2, 0) is 4.79 Å². The molecule has 1 fully saturated rings. The lowest BCUT2D eigenvalue weighted by Crippen LogP contribution is -2.34. The maximum Gasteiger partial charge on any atom is 0.220 e. The molecule has 1 saturated heterocycles. The van der Waals surface area contributed by atoms with Crippen molar-refractivity contribution in [1.29, 1.82) is 0 Å². The second kappa shape index (κ2) is 8.65. The summed E-state index contributed by atoms with van der Waals surface area (Å²) in [6.07, 6.45) is 3.07. The molecule has 3 rings (SSSR count). The van der Waals surface area contributed by atoms with Gasteiger partial charge < -0.3 is 10.2 Å². The third-order valence-electron chi connectivity index (χ3n) is 4.74. The second-order valence-electron chi connectivity index (χ2n) is 6.48. The van der Waals surface area contributed by atoms with Crippen molar-refractivity contribution >= 4 is 5.91 Å². The first-order valence-electron chi connectivity index (χ1n) is 8.92. The van der Waals surface area contributed by atoms with Gasteiger partial charge in [-0.2, -0.15) is 0 Å². The van der Waals surface area contributed by atoms with E-state index in [0.29, 0.717) is 6.42 Å². The molecule has 0 spiro atoms. The molecule has 1 N–H and O–H groups in total. The summed E-state index contributed by atoms with van der Waals surface area (Å²) in [5.41, 5.74) is 2.39. The Labute approximate surface area is 144 Å². The van der Waals surface area contributed by atoms with Gasteiger partial charge in [0.1, 0.15) is 0 Å². The van der Waals surface area contributed by atoms with Gasteiger partial charge in [-0.15, -0.1) is 0 Å². The van der Waals surface area contributed by atoms with E-state index < -0.39 is 0 Å². The number of nitrogens with zero attached hydrogens (tertiary/aromatic N) is 1. The highest BCUT2D eigenvalue weighted by molar-refractivity contribution is 5.77. The van der Waals surface area contributed by atoms with Crippen LogP contribution in [0.1, 0.15) is 36.3 Å². The van der Waals surface area contributed by atoms with Gasteiger partial charge in [-0.3, -0.25) is 4.79 Å². The molecule has 126 valence electrons. The van der Waals surface area contributed by atoms with Crippen LogP contribution in [0.4, 0.5) is 0 Å². The molecule has 0 bridgehead atoms. The van der Waals surface area contributed by atoms with Crippen LogP contribution >= 0.6 is 0 Å². The highest BCUT2D eigenvalue weighted by atomic mass is 16.1. The van der Waals surface area contributed by atoms with Gasteiger partial charge >= 0.3 is 0 Å². The summed E-state index contributed by atoms with van der Waals surface area (Å²) < 4.78 is 0. The average Bonchev–Trinajstić information content (AvgIpc) is 3.15. The number of hydrogen-bond acceptors (Lipinski definition) is 2. The molecular formula is C21H26N2O. The predicted octanol–water partition coefficient (Wildman–Crippen LogP) is 3.42. The van der Waals surface area contributed by atoms with Gasteiger partial charge in [0, 0.05) is 25.4 Å². The van der Waals surface area contributed by atoms with Crippen LogP contribution in [0.2, 0.25) is 0 Å². The van der Waals surface area contributed by atoms with Crippen molar-refractivity contribution < 1.29 is 4.79 Å². The molecule has 24 heavy (non-hydrogen) atoms. The Morgan fingerprint density at radius 1 is 0.917 bits per heavy atom. The number of hydrogen-bond donors (Lipinski definition) is 1. The lowest BCUT2D eigenvalue weighted by Gasteiger charge is -2.19. The van der Waals surface area contributed by atoms with Crippen LogP contribution in [0.5, 0.6) is 0 Å². The van der Waals surface area contributed by atoms with Gasteiger partial charge in [0.15, 0.2) is 0 Å². The minimum absolute atomic E-state index is 0.110. The van der Waals surface area contributed by atoms with E-state index in [2.05, 4.69) is 34.5 Å². The molecule has 0 aliphatic carbocycles. The summed E-state index contributed by atoms with van der Waals surface area (Å²) in [5.74, 6) is 0.242. The van der Waals surface area contributed by atoms with E-state index in [1.807, 2.05) is 36.4 Å². The molecule has 0 aromatic heterocycles. The van der Waals surface area contributed by atoms with Crippen molar-refractivity contribution in [3.8, 4) is 0 Å². The number of benzene rings is 2. The molecule has 1 amide bonds. The maximum atomic E-state index is 12.4. The number of likely N-dealkylation sites (tertiary alicyclic amines) is 1. The van der Waals surface area contributed by atoms with Gasteiger partial charge in [-0.05, 0) is 37.1 Å². The highest BCUT2D eigenvalue weighted by Crippen LogP contribution is 2.27. The third-order valence-corrected chi connectivity index (χ3v) is 4.74. The molecule has 2 aromatic rings. The van der Waals surface area contributed by atoms with Crippen LogP contribution in [0.3, 0.4) is 0 Å². The van der Waals surface area contributed by atoms with Gasteiger partial charge in [-0.1, -0.05) is 60.7 Å². The Morgan fingerprint density at radius 2 is 1.46 bits per heavy atom. The molecule has 0 saturated carbocycles. The van der Waals surface area contributed by atoms with E-state index in [-0.39, 0.29) is 11.8 Å². The maximum absolute atomic E-state index is 12.4. The number of nitrogens with one attached hydrogen (secondary N) is 1. The first kappa shape index (κ1) is 16.7. The molecule has 3 nitrogen and oxygen atoms in total. The number of carbonyl (C=O) groups excluding carboxylic acids is 1. The minimum Gasteiger partial charge on any atom is -0.355 e. The van der Waals surface area contributed by atoms with Crippen LogP contribution < -0.4 is 5.32 Å². The Hall–Kier alpha value is -2.13. The van der Waals surface area contributed by atoms with Gasteiger partial charge in [0.25, 0.3) is 0 Å². The van der Waals surface area contributed by atoms with Crippen molar-refractivity contribution in [1.82, 2.24) is 10.2 Å². The predicted molar refractivity (Wildman–Crippen MR) is 98.0 cm³/mol. The Bertz CT molecular complexity index is 581. The largest absolute Gasteiger partial charge is 0.355 e. The fraction of sp³-hybridized carbons (Fsp3) is 0.381. The molecule has 3 heteroatoms. The van der Waals surface area contributed by atoms with E-state index in [4.69, 9.17) is 0 Å². The molecule has 1 aliphatic heterocycles. The van der Waals surface area contributed by atoms with Crippen molar-refractivity contribution in [3.63, 3.8) is 0 Å². The average molecular weight is 322 g/mol. The summed E-state index contributed by atoms with van der Waals surface area (Å²) in [6, 6.07) is 20.6. The fourth-order valence-electron chi connectivity index (χ4n) is 3.42. The van der Waals surface area contributed by atoms with E-state index in [1.54, 1.807) is 0 Å². The Kier molecular flexibility index (Phi) is 6.02. The van der Waals surface area contributed by atoms with Crippen LogP contribution in [0.25, 0.3) is 0 Å². The normalized spacial score (nSPS) is 14.9. The standard InChI is InChI=1S/C21H26N2O/c24-21(22-13-16-23-14-7-8-15-23)17-20(18-9-3-1-4-10-18)19-11-5-2-6-12-19/h1-6,9-12,20H,7-8,13-17H2,(H,22,24). The summed E-state index contributed by atoms with van der Waals surface area (Å²) >= 11 is 0. The van der Waals surface area contributed by atoms with E-state index >= 15 is 0 Å². The van der Waals surface area contributed by atoms with Gasteiger partial charge in [0.05, 0.1) is 0 Å². The minimum atomic E-state index is 0.110. The van der Waals surface area contributed by atoms with Crippen molar-refractivity contribution in [2.24, 2.45) is 0 Å². The number of rotatable bonds is 7. The SMILES string of the molecule is O=C(CC(c1ccccc1)c1ccccc1)NCCN1CCCC1. The van der Waals surface area contributed by atoms with Gasteiger partial charge in [-0.25, -0.2) is 0 Å². The lowest BCUT2D eigenvalue weighted by molar-refractivity contribution is -0.121. The Balaban J connectivity index is 1.60. The highest BCUT2D eigenvalue weighted by Gasteiger charge is 2.18. The molecule has 0 atom stereocenters. The first-order valence-corrected chi connectivity index (χ1v) is 8.92. The van der Waals surface area contributed by atoms with Crippen molar-refractivity contribution in [3.05, 3.63) is 71.8 Å². The summed E-state index contributed by atoms with van der Waals surface area (Å²) in [4.78, 5) is 14.9. The molecule has 0 unspecified atom stereocenters. The fourth-order valence-corrected chi connectivity index (χ4v) is 3.42. The summed E-state index contributed by atoms with van der Waals surface area (Å²) in [7, 11) is 0. The van der Waals surface area contributed by atoms with Crippen LogP contribution in [-0.4, -0.2) is 37.0 Å². The quantitative estimate of drug-likeness (QED) is 0.847. The van der Waals surface area contributed by atoms with E-state index in [9.17, 15) is 4.79 Å². The molecule has 1 aliphatic rings. The molecule has 1 heterocycles. The monoisotopic (exact) mass is 322 g/mol. The van der Waals surface area contributed by atoms with E-state index in [1.165, 1.54) is 37.1 Å². The smallest absolute Gasteiger partial charge is 0.220 e. The van der Waals surface area contributed by atoms with E-state index in [0.717, 1.165) is 13.1 Å². The van der Waals surface area contributed by atoms with Crippen LogP contribution in [0, 0.1) is 0 Å². The number of carbonyl (C=O) groups is 1. The molecule has 2 aromatic carbocycles. The zero-order chi connectivity index (χ0) is 16.6. The van der Waals surface area contributed by atoms with Crippen LogP contribution in [0.15, 0.2) is 60.7 Å². The van der Waals surface area contributed by atoms with Crippen molar-refractivity contribution in [2.75, 3.05) is 26.2 Å². The first-order chi connectivity index (χ1) is 11.8. The number of amides is 1. The lowest BCUT2D eigenvalue weighted by atomic mass is 9.88. The molecular weight excluding hydrogens is 296 g/mol. The third kappa shape index (κ3) is 4.68. The topological polar surface area (TPSA) is 32.3 Å². The van der Waals surface area contributed by atoms with Gasteiger partial charge in [0.2, 0.25) is 5.91 Å². The van der Waals surface area contributed by atoms with Crippen molar-refractivity contribution in [2.45, 2.75) is 25.2 Å². The zero-order valence-electron chi connectivity index (χ0n) is 14.2. The zero-order valence-corrected chi connectivity index (χ0v) is 14.2. The summed E-state index contributed by atoms with van der Waals surface area (Å²) in [6.45, 7) is 4.06. The second-order valence-corrected chi connectivity index (χ2v) is 6.48. The summed E-state index contributed by atoms with van der Waals surface area (Å²) in [5, 5.41) is 3.10. The Morgan fingerprint density at radius 3 is 2.00 bits per heavy atom. The molecule has 0 radical (unpaired) electrons.